The largest absolute Gasteiger partial charge is 0.454 e. The lowest BCUT2D eigenvalue weighted by atomic mass is 10.2. The smallest absolute Gasteiger partial charge is 0.376 e. The van der Waals surface area contributed by atoms with E-state index < -0.39 is 23.9 Å². The predicted molar refractivity (Wildman–Crippen MR) is 38.8 cm³/mol. The van der Waals surface area contributed by atoms with Crippen LogP contribution in [0.5, 0.6) is 0 Å². The van der Waals surface area contributed by atoms with Crippen molar-refractivity contribution in [2.75, 3.05) is 6.54 Å². The quantitative estimate of drug-likeness (QED) is 0.425. The summed E-state index contributed by atoms with van der Waals surface area (Å²) in [5.41, 5.74) is 5.95. The second-order valence-electron chi connectivity index (χ2n) is 3.10. The normalized spacial score (nSPS) is 10.9. The Morgan fingerprint density at radius 2 is 1.82 bits per heavy atom. The molecule has 0 aromatic heterocycles. The number of carbonyl (C=O) groups is 2. The maximum atomic E-state index is 10.7. The minimum absolute atomic E-state index is 0.547. The Morgan fingerprint density at radius 3 is 2.09 bits per heavy atom. The molecule has 1 radical (unpaired) electrons. The van der Waals surface area contributed by atoms with E-state index in [1.807, 2.05) is 0 Å². The minimum Gasteiger partial charge on any atom is -0.454 e. The summed E-state index contributed by atoms with van der Waals surface area (Å²) in [7, 11) is 0. The van der Waals surface area contributed by atoms with Gasteiger partial charge in [0.05, 0.1) is 6.54 Å². The Labute approximate surface area is 65.7 Å². The molecule has 0 aliphatic rings. The van der Waals surface area contributed by atoms with Crippen molar-refractivity contribution in [3.8, 4) is 0 Å². The molecule has 0 bridgehead atoms. The molecule has 0 aromatic rings. The Balaban J connectivity index is 3.99. The molecule has 0 atom stereocenters. The molecular weight excluding hydrogens is 146 g/mol. The van der Waals surface area contributed by atoms with Crippen molar-refractivity contribution in [1.82, 2.24) is 5.73 Å². The average molecular weight is 158 g/mol. The van der Waals surface area contributed by atoms with Gasteiger partial charge >= 0.3 is 5.97 Å². The van der Waals surface area contributed by atoms with Gasteiger partial charge in [0.25, 0.3) is 5.78 Å². The number of esters is 1. The highest BCUT2D eigenvalue weighted by Gasteiger charge is 2.21. The van der Waals surface area contributed by atoms with Crippen LogP contribution in [-0.2, 0) is 14.3 Å². The summed E-state index contributed by atoms with van der Waals surface area (Å²) in [5.74, 6) is -1.73. The van der Waals surface area contributed by atoms with Crippen LogP contribution in [-0.4, -0.2) is 23.9 Å². The fourth-order valence-electron chi connectivity index (χ4n) is 0.407. The number of hydrogen-bond acceptors (Lipinski definition) is 3. The fourth-order valence-corrected chi connectivity index (χ4v) is 0.407. The van der Waals surface area contributed by atoms with Gasteiger partial charge < -0.3 is 4.74 Å². The van der Waals surface area contributed by atoms with E-state index in [0.29, 0.717) is 0 Å². The van der Waals surface area contributed by atoms with Gasteiger partial charge in [0.15, 0.2) is 0 Å². The lowest BCUT2D eigenvalue weighted by Crippen LogP contribution is -2.30. The minimum atomic E-state index is -0.924. The second-order valence-corrected chi connectivity index (χ2v) is 3.10. The third-order valence-corrected chi connectivity index (χ3v) is 0.787. The summed E-state index contributed by atoms with van der Waals surface area (Å²) in [6.07, 6.45) is 0. The van der Waals surface area contributed by atoms with E-state index in [-0.39, 0.29) is 0 Å². The molecule has 4 heteroatoms. The van der Waals surface area contributed by atoms with E-state index in [4.69, 9.17) is 5.73 Å². The zero-order chi connectivity index (χ0) is 9.07. The molecule has 0 heterocycles. The van der Waals surface area contributed by atoms with Crippen LogP contribution in [0, 0.1) is 0 Å². The van der Waals surface area contributed by atoms with E-state index in [0.717, 1.165) is 0 Å². The molecule has 0 unspecified atom stereocenters. The monoisotopic (exact) mass is 158 g/mol. The van der Waals surface area contributed by atoms with Crippen LogP contribution in [0.4, 0.5) is 0 Å². The molecule has 11 heavy (non-hydrogen) atoms. The van der Waals surface area contributed by atoms with Crippen LogP contribution in [0.2, 0.25) is 0 Å². The number of Topliss-reactive ketones (excluding diaryl/α,β-unsaturated/α-hetero) is 1. The van der Waals surface area contributed by atoms with Crippen molar-refractivity contribution in [2.45, 2.75) is 26.4 Å². The lowest BCUT2D eigenvalue weighted by Gasteiger charge is -2.18. The van der Waals surface area contributed by atoms with Gasteiger partial charge in [-0.3, -0.25) is 4.79 Å². The Kier molecular flexibility index (Phi) is 3.19. The SMILES string of the molecule is CC(C)(C)OC(=O)C(=O)C[NH]. The number of hydrogen-bond donors (Lipinski definition) is 0. The summed E-state index contributed by atoms with van der Waals surface area (Å²) in [4.78, 5) is 21.2. The first-order valence-corrected chi connectivity index (χ1v) is 3.27. The van der Waals surface area contributed by atoms with Gasteiger partial charge in [-0.15, -0.1) is 0 Å². The maximum Gasteiger partial charge on any atom is 0.376 e. The number of ether oxygens (including phenoxy) is 1. The molecule has 1 N–H and O–H groups in total. The van der Waals surface area contributed by atoms with Gasteiger partial charge in [-0.25, -0.2) is 10.5 Å². The summed E-state index contributed by atoms with van der Waals surface area (Å²) < 4.78 is 4.68. The number of ketones is 1. The third-order valence-electron chi connectivity index (χ3n) is 0.787. The van der Waals surface area contributed by atoms with Gasteiger partial charge in [-0.1, -0.05) is 0 Å². The molecule has 4 nitrogen and oxygen atoms in total. The lowest BCUT2D eigenvalue weighted by molar-refractivity contribution is -0.161. The van der Waals surface area contributed by atoms with E-state index in [9.17, 15) is 9.59 Å². The van der Waals surface area contributed by atoms with Crippen molar-refractivity contribution >= 4 is 11.8 Å². The molecule has 0 fully saturated rings. The van der Waals surface area contributed by atoms with Crippen molar-refractivity contribution in [2.24, 2.45) is 0 Å². The van der Waals surface area contributed by atoms with Crippen LogP contribution in [0.15, 0.2) is 0 Å². The third kappa shape index (κ3) is 4.50. The highest BCUT2D eigenvalue weighted by atomic mass is 16.6. The van der Waals surface area contributed by atoms with E-state index in [2.05, 4.69) is 4.74 Å². The number of carbonyl (C=O) groups excluding carboxylic acids is 2. The van der Waals surface area contributed by atoms with Crippen LogP contribution < -0.4 is 5.73 Å². The molecule has 0 saturated carbocycles. The van der Waals surface area contributed by atoms with Gasteiger partial charge in [0.2, 0.25) is 0 Å². The number of rotatable bonds is 2. The summed E-state index contributed by atoms with van der Waals surface area (Å²) in [5, 5.41) is 0. The molecule has 0 aliphatic carbocycles. The van der Waals surface area contributed by atoms with E-state index in [1.165, 1.54) is 0 Å². The first-order chi connectivity index (χ1) is 4.87. The van der Waals surface area contributed by atoms with Crippen molar-refractivity contribution < 1.29 is 14.3 Å². The molecule has 63 valence electrons. The van der Waals surface area contributed by atoms with Crippen molar-refractivity contribution in [1.29, 1.82) is 0 Å². The molecule has 0 aliphatic heterocycles. The standard InChI is InChI=1S/C7H12NO3/c1-7(2,3)11-6(10)5(9)4-8/h8H,4H2,1-3H3. The average Bonchev–Trinajstić information content (AvgIpc) is 1.82. The Morgan fingerprint density at radius 1 is 1.36 bits per heavy atom. The summed E-state index contributed by atoms with van der Waals surface area (Å²) in [6.45, 7) is 4.46. The van der Waals surface area contributed by atoms with E-state index >= 15 is 0 Å². The van der Waals surface area contributed by atoms with Gasteiger partial charge in [0.1, 0.15) is 5.60 Å². The highest BCUT2D eigenvalue weighted by Crippen LogP contribution is 2.06. The van der Waals surface area contributed by atoms with Crippen LogP contribution in [0.1, 0.15) is 20.8 Å². The molecular formula is C7H12NO3. The van der Waals surface area contributed by atoms with Gasteiger partial charge in [-0.2, -0.15) is 0 Å². The molecule has 0 spiro atoms. The van der Waals surface area contributed by atoms with E-state index in [1.54, 1.807) is 20.8 Å². The van der Waals surface area contributed by atoms with Crippen molar-refractivity contribution in [3.05, 3.63) is 0 Å². The molecule has 0 amide bonds. The van der Waals surface area contributed by atoms with Crippen LogP contribution in [0.25, 0.3) is 0 Å². The Hall–Kier alpha value is -0.900. The Bertz CT molecular complexity index is 169. The van der Waals surface area contributed by atoms with Gasteiger partial charge in [-0.05, 0) is 20.8 Å². The topological polar surface area (TPSA) is 67.2 Å². The van der Waals surface area contributed by atoms with Gasteiger partial charge in [0, 0.05) is 0 Å². The zero-order valence-corrected chi connectivity index (χ0v) is 6.93. The fraction of sp³-hybridized carbons (Fsp3) is 0.714. The first-order valence-electron chi connectivity index (χ1n) is 3.27. The summed E-state index contributed by atoms with van der Waals surface area (Å²) in [6, 6.07) is 0. The molecule has 0 saturated heterocycles. The summed E-state index contributed by atoms with van der Waals surface area (Å²) >= 11 is 0. The first kappa shape index (κ1) is 10.1. The molecule has 0 aromatic carbocycles. The number of nitrogens with one attached hydrogen (secondary N) is 1. The maximum absolute atomic E-state index is 10.7. The highest BCUT2D eigenvalue weighted by molar-refractivity contribution is 6.34. The predicted octanol–water partition coefficient (Wildman–Crippen LogP) is 0.180. The van der Waals surface area contributed by atoms with Crippen molar-refractivity contribution in [3.63, 3.8) is 0 Å². The van der Waals surface area contributed by atoms with Crippen LogP contribution in [0.3, 0.4) is 0 Å². The second kappa shape index (κ2) is 3.48. The molecule has 0 rings (SSSR count). The zero-order valence-electron chi connectivity index (χ0n) is 6.93. The van der Waals surface area contributed by atoms with Crippen LogP contribution >= 0.6 is 0 Å².